The molecule has 90 valence electrons. The molecule has 2 rings (SSSR count). The lowest BCUT2D eigenvalue weighted by Crippen LogP contribution is -1.86. The first-order chi connectivity index (χ1) is 8.33. The van der Waals surface area contributed by atoms with E-state index in [-0.39, 0.29) is 0 Å². The molecule has 0 aliphatic carbocycles. The van der Waals surface area contributed by atoms with Gasteiger partial charge in [0.1, 0.15) is 5.75 Å². The van der Waals surface area contributed by atoms with Crippen molar-refractivity contribution < 1.29 is 4.74 Å². The van der Waals surface area contributed by atoms with Gasteiger partial charge in [0.2, 0.25) is 0 Å². The normalized spacial score (nSPS) is 10.5. The molecule has 0 atom stereocenters. The number of hydrogen-bond donors (Lipinski definition) is 0. The van der Waals surface area contributed by atoms with Crippen LogP contribution in [0.3, 0.4) is 0 Å². The monoisotopic (exact) mass is 267 g/mol. The second-order valence-electron chi connectivity index (χ2n) is 3.65. The van der Waals surface area contributed by atoms with Crippen molar-refractivity contribution >= 4 is 22.9 Å². The fourth-order valence-corrected chi connectivity index (χ4v) is 2.52. The van der Waals surface area contributed by atoms with E-state index in [2.05, 4.69) is 10.4 Å². The number of aromatic nitrogens is 1. The maximum Gasteiger partial charge on any atom is 0.118 e. The summed E-state index contributed by atoms with van der Waals surface area (Å²) in [5, 5.41) is 3.24. The predicted octanol–water partition coefficient (Wildman–Crippen LogP) is 3.99. The van der Waals surface area contributed by atoms with Gasteiger partial charge >= 0.3 is 0 Å². The SMILES string of the molecule is COc1ccc(-c2csc(CCCCl)n2)cc1. The highest BCUT2D eigenvalue weighted by molar-refractivity contribution is 7.09. The van der Waals surface area contributed by atoms with Crippen molar-refractivity contribution in [1.82, 2.24) is 4.98 Å². The highest BCUT2D eigenvalue weighted by atomic mass is 35.5. The molecule has 0 spiro atoms. The molecule has 0 fully saturated rings. The Bertz CT molecular complexity index is 467. The molecule has 0 aliphatic heterocycles. The topological polar surface area (TPSA) is 22.1 Å². The van der Waals surface area contributed by atoms with Crippen LogP contribution in [-0.2, 0) is 6.42 Å². The third-order valence-corrected chi connectivity index (χ3v) is 3.64. The summed E-state index contributed by atoms with van der Waals surface area (Å²) < 4.78 is 5.13. The van der Waals surface area contributed by atoms with Crippen LogP contribution in [0.5, 0.6) is 5.75 Å². The van der Waals surface area contributed by atoms with Gasteiger partial charge in [-0.25, -0.2) is 4.98 Å². The van der Waals surface area contributed by atoms with E-state index in [4.69, 9.17) is 16.3 Å². The van der Waals surface area contributed by atoms with Crippen molar-refractivity contribution in [2.75, 3.05) is 13.0 Å². The third kappa shape index (κ3) is 3.20. The fourth-order valence-electron chi connectivity index (χ4n) is 1.54. The largest absolute Gasteiger partial charge is 0.497 e. The van der Waals surface area contributed by atoms with Gasteiger partial charge < -0.3 is 4.74 Å². The van der Waals surface area contributed by atoms with E-state index in [1.54, 1.807) is 18.4 Å². The fraction of sp³-hybridized carbons (Fsp3) is 0.308. The van der Waals surface area contributed by atoms with Crippen LogP contribution in [0, 0.1) is 0 Å². The molecule has 0 saturated carbocycles. The zero-order valence-corrected chi connectivity index (χ0v) is 11.2. The molecule has 1 heterocycles. The van der Waals surface area contributed by atoms with Crippen LogP contribution in [0.2, 0.25) is 0 Å². The van der Waals surface area contributed by atoms with Crippen LogP contribution >= 0.6 is 22.9 Å². The molecule has 2 nitrogen and oxygen atoms in total. The summed E-state index contributed by atoms with van der Waals surface area (Å²) in [6.07, 6.45) is 1.95. The van der Waals surface area contributed by atoms with Crippen LogP contribution in [0.4, 0.5) is 0 Å². The second-order valence-corrected chi connectivity index (χ2v) is 4.97. The number of methoxy groups -OCH3 is 1. The van der Waals surface area contributed by atoms with Crippen molar-refractivity contribution in [3.8, 4) is 17.0 Å². The van der Waals surface area contributed by atoms with E-state index in [1.165, 1.54) is 0 Å². The van der Waals surface area contributed by atoms with Gasteiger partial charge in [-0.15, -0.1) is 22.9 Å². The van der Waals surface area contributed by atoms with E-state index in [9.17, 15) is 0 Å². The highest BCUT2D eigenvalue weighted by Crippen LogP contribution is 2.24. The summed E-state index contributed by atoms with van der Waals surface area (Å²) in [5.41, 5.74) is 2.15. The molecule has 17 heavy (non-hydrogen) atoms. The van der Waals surface area contributed by atoms with Gasteiger partial charge in [0.15, 0.2) is 0 Å². The van der Waals surface area contributed by atoms with Gasteiger partial charge in [0.05, 0.1) is 17.8 Å². The molecule has 0 aliphatic rings. The zero-order valence-electron chi connectivity index (χ0n) is 9.65. The second kappa shape index (κ2) is 6.03. The summed E-state index contributed by atoms with van der Waals surface area (Å²) in [5.74, 6) is 1.56. The number of nitrogens with zero attached hydrogens (tertiary/aromatic N) is 1. The molecule has 0 N–H and O–H groups in total. The number of halogens is 1. The number of thiazole rings is 1. The van der Waals surface area contributed by atoms with Gasteiger partial charge in [-0.1, -0.05) is 0 Å². The Labute approximate surface area is 110 Å². The van der Waals surface area contributed by atoms with Crippen molar-refractivity contribution in [2.24, 2.45) is 0 Å². The van der Waals surface area contributed by atoms with Gasteiger partial charge in [-0.3, -0.25) is 0 Å². The van der Waals surface area contributed by atoms with Crippen LogP contribution in [0.1, 0.15) is 11.4 Å². The molecule has 1 aromatic carbocycles. The number of alkyl halides is 1. The Morgan fingerprint density at radius 3 is 2.71 bits per heavy atom. The van der Waals surface area contributed by atoms with Crippen molar-refractivity contribution in [1.29, 1.82) is 0 Å². The van der Waals surface area contributed by atoms with E-state index in [0.29, 0.717) is 5.88 Å². The molecular weight excluding hydrogens is 254 g/mol. The van der Waals surface area contributed by atoms with Gasteiger partial charge in [-0.2, -0.15) is 0 Å². The number of ether oxygens (including phenoxy) is 1. The lowest BCUT2D eigenvalue weighted by molar-refractivity contribution is 0.415. The lowest BCUT2D eigenvalue weighted by atomic mass is 10.2. The minimum absolute atomic E-state index is 0.692. The average Bonchev–Trinajstić information content (AvgIpc) is 2.85. The van der Waals surface area contributed by atoms with Crippen molar-refractivity contribution in [3.63, 3.8) is 0 Å². The average molecular weight is 268 g/mol. The molecule has 0 amide bonds. The van der Waals surface area contributed by atoms with Crippen molar-refractivity contribution in [3.05, 3.63) is 34.7 Å². The van der Waals surface area contributed by atoms with Crippen LogP contribution < -0.4 is 4.74 Å². The minimum atomic E-state index is 0.692. The van der Waals surface area contributed by atoms with Crippen molar-refractivity contribution in [2.45, 2.75) is 12.8 Å². The zero-order chi connectivity index (χ0) is 12.1. The van der Waals surface area contributed by atoms with Gasteiger partial charge in [-0.05, 0) is 30.7 Å². The molecule has 4 heteroatoms. The molecular formula is C13H14ClNOS. The van der Waals surface area contributed by atoms with Crippen LogP contribution in [0.15, 0.2) is 29.6 Å². The lowest BCUT2D eigenvalue weighted by Gasteiger charge is -2.00. The quantitative estimate of drug-likeness (QED) is 0.764. The van der Waals surface area contributed by atoms with Gasteiger partial charge in [0.25, 0.3) is 0 Å². The summed E-state index contributed by atoms with van der Waals surface area (Å²) in [6, 6.07) is 7.96. The summed E-state index contributed by atoms with van der Waals surface area (Å²) >= 11 is 7.36. The maximum absolute atomic E-state index is 5.67. The number of benzene rings is 1. The molecule has 0 bridgehead atoms. The first-order valence-electron chi connectivity index (χ1n) is 5.48. The minimum Gasteiger partial charge on any atom is -0.497 e. The molecule has 0 unspecified atom stereocenters. The Morgan fingerprint density at radius 1 is 1.29 bits per heavy atom. The summed E-state index contributed by atoms with van der Waals surface area (Å²) in [7, 11) is 1.67. The van der Waals surface area contributed by atoms with Crippen LogP contribution in [0.25, 0.3) is 11.3 Å². The number of hydrogen-bond acceptors (Lipinski definition) is 3. The van der Waals surface area contributed by atoms with Crippen LogP contribution in [-0.4, -0.2) is 18.0 Å². The Morgan fingerprint density at radius 2 is 2.06 bits per heavy atom. The Balaban J connectivity index is 2.12. The number of rotatable bonds is 5. The smallest absolute Gasteiger partial charge is 0.118 e. The molecule has 1 aromatic heterocycles. The highest BCUT2D eigenvalue weighted by Gasteiger charge is 2.04. The molecule has 0 radical (unpaired) electrons. The number of aryl methyl sites for hydroxylation is 1. The Kier molecular flexibility index (Phi) is 4.40. The standard InChI is InChI=1S/C13H14ClNOS/c1-16-11-6-4-10(5-7-11)12-9-17-13(15-12)3-2-8-14/h4-7,9H,2-3,8H2,1H3. The third-order valence-electron chi connectivity index (χ3n) is 2.46. The summed E-state index contributed by atoms with van der Waals surface area (Å²) in [6.45, 7) is 0. The van der Waals surface area contributed by atoms with E-state index in [0.717, 1.165) is 34.9 Å². The van der Waals surface area contributed by atoms with E-state index >= 15 is 0 Å². The molecule has 2 aromatic rings. The first kappa shape index (κ1) is 12.4. The van der Waals surface area contributed by atoms with E-state index < -0.39 is 0 Å². The van der Waals surface area contributed by atoms with E-state index in [1.807, 2.05) is 24.3 Å². The molecule has 0 saturated heterocycles. The maximum atomic E-state index is 5.67. The predicted molar refractivity (Wildman–Crippen MR) is 73.1 cm³/mol. The van der Waals surface area contributed by atoms with Gasteiger partial charge in [0, 0.05) is 23.2 Å². The first-order valence-corrected chi connectivity index (χ1v) is 6.89. The Hall–Kier alpha value is -1.06. The summed E-state index contributed by atoms with van der Waals surface area (Å²) in [4.78, 5) is 4.59.